The molecule has 0 saturated carbocycles. The van der Waals surface area contributed by atoms with Crippen LogP contribution < -0.4 is 10.2 Å². The molecule has 0 bridgehead atoms. The van der Waals surface area contributed by atoms with Crippen molar-refractivity contribution in [2.75, 3.05) is 22.6 Å². The minimum absolute atomic E-state index is 0.0319. The molecule has 1 N–H and O–H groups in total. The van der Waals surface area contributed by atoms with Gasteiger partial charge in [-0.3, -0.25) is 9.59 Å². The number of nitrogens with zero attached hydrogens (tertiary/aromatic N) is 3. The third-order valence-electron chi connectivity index (χ3n) is 4.87. The molecule has 0 atom stereocenters. The van der Waals surface area contributed by atoms with E-state index in [2.05, 4.69) is 15.3 Å². The fourth-order valence-corrected chi connectivity index (χ4v) is 3.97. The number of amidine groups is 2. The molecule has 8 heteroatoms. The Balaban J connectivity index is 1.49. The predicted molar refractivity (Wildman–Crippen MR) is 132 cm³/mol. The van der Waals surface area contributed by atoms with E-state index in [1.54, 1.807) is 36.4 Å². The van der Waals surface area contributed by atoms with Crippen LogP contribution in [-0.4, -0.2) is 35.1 Å². The molecule has 6 nitrogen and oxygen atoms in total. The van der Waals surface area contributed by atoms with Gasteiger partial charge in [0.05, 0.1) is 5.75 Å². The molecule has 0 unspecified atom stereocenters. The maximum Gasteiger partial charge on any atom is 0.234 e. The van der Waals surface area contributed by atoms with Gasteiger partial charge in [-0.2, -0.15) is 0 Å². The van der Waals surface area contributed by atoms with Gasteiger partial charge in [-0.05, 0) is 55.5 Å². The number of carbonyl (C=O) groups excluding carboxylic acids is 2. The lowest BCUT2D eigenvalue weighted by Gasteiger charge is -2.27. The zero-order chi connectivity index (χ0) is 23.2. The fraction of sp³-hybridized carbons (Fsp3) is 0.120. The quantitative estimate of drug-likeness (QED) is 0.527. The molecule has 0 aliphatic carbocycles. The predicted octanol–water partition coefficient (Wildman–Crippen LogP) is 4.98. The average molecular weight is 461 g/mol. The lowest BCUT2D eigenvalue weighted by Crippen LogP contribution is -2.34. The number of hydrogen-bond acceptors (Lipinski definition) is 6. The van der Waals surface area contributed by atoms with E-state index in [4.69, 9.17) is 0 Å². The van der Waals surface area contributed by atoms with Crippen molar-refractivity contribution >= 4 is 45.8 Å². The standard InChI is InChI=1S/C25H21FN4O2S/c1-17(31)18-7-11-21(12-8-18)28-23(32)15-33-25-29-24(19-5-3-2-4-6-19)27-16-30(25)22-13-9-20(26)10-14-22/h2-14H,15-16H2,1H3,(H,28,32). The van der Waals surface area contributed by atoms with Gasteiger partial charge in [-0.25, -0.2) is 14.4 Å². The molecular formula is C25H21FN4O2S. The fourth-order valence-electron chi connectivity index (χ4n) is 3.17. The number of carbonyl (C=O) groups is 2. The summed E-state index contributed by atoms with van der Waals surface area (Å²) < 4.78 is 13.4. The molecule has 4 rings (SSSR count). The molecule has 0 spiro atoms. The first-order chi connectivity index (χ1) is 16.0. The molecular weight excluding hydrogens is 439 g/mol. The van der Waals surface area contributed by atoms with Crippen molar-refractivity contribution in [3.05, 3.63) is 95.8 Å². The number of hydrogen-bond donors (Lipinski definition) is 1. The van der Waals surface area contributed by atoms with Crippen LogP contribution in [0.2, 0.25) is 0 Å². The van der Waals surface area contributed by atoms with Crippen molar-refractivity contribution in [3.8, 4) is 0 Å². The van der Waals surface area contributed by atoms with Crippen LogP contribution in [0, 0.1) is 5.82 Å². The average Bonchev–Trinajstić information content (AvgIpc) is 2.84. The Bertz CT molecular complexity index is 1210. The molecule has 0 aromatic heterocycles. The number of ketones is 1. The zero-order valence-corrected chi connectivity index (χ0v) is 18.7. The largest absolute Gasteiger partial charge is 0.325 e. The van der Waals surface area contributed by atoms with Crippen molar-refractivity contribution in [1.29, 1.82) is 0 Å². The number of Topliss-reactive ketones (excluding diaryl/α,β-unsaturated/α-hetero) is 1. The van der Waals surface area contributed by atoms with Crippen molar-refractivity contribution < 1.29 is 14.0 Å². The first kappa shape index (κ1) is 22.4. The maximum atomic E-state index is 13.4. The summed E-state index contributed by atoms with van der Waals surface area (Å²) in [6, 6.07) is 22.4. The molecule has 33 heavy (non-hydrogen) atoms. The molecule has 3 aromatic carbocycles. The zero-order valence-electron chi connectivity index (χ0n) is 17.9. The third kappa shape index (κ3) is 5.72. The third-order valence-corrected chi connectivity index (χ3v) is 5.85. The number of amides is 1. The van der Waals surface area contributed by atoms with Crippen LogP contribution in [0.25, 0.3) is 0 Å². The Labute approximate surface area is 195 Å². The summed E-state index contributed by atoms with van der Waals surface area (Å²) >= 11 is 1.27. The summed E-state index contributed by atoms with van der Waals surface area (Å²) in [4.78, 5) is 35.1. The summed E-state index contributed by atoms with van der Waals surface area (Å²) in [7, 11) is 0. The van der Waals surface area contributed by atoms with E-state index >= 15 is 0 Å². The highest BCUT2D eigenvalue weighted by Crippen LogP contribution is 2.24. The lowest BCUT2D eigenvalue weighted by atomic mass is 10.1. The second-order valence-corrected chi connectivity index (χ2v) is 8.20. The van der Waals surface area contributed by atoms with E-state index < -0.39 is 0 Å². The molecule has 1 amide bonds. The molecule has 3 aromatic rings. The highest BCUT2D eigenvalue weighted by atomic mass is 32.2. The number of nitrogens with one attached hydrogen (secondary N) is 1. The molecule has 166 valence electrons. The van der Waals surface area contributed by atoms with Gasteiger partial charge >= 0.3 is 0 Å². The van der Waals surface area contributed by atoms with Crippen molar-refractivity contribution in [3.63, 3.8) is 0 Å². The normalized spacial score (nSPS) is 13.2. The molecule has 0 saturated heterocycles. The van der Waals surface area contributed by atoms with Gasteiger partial charge in [-0.1, -0.05) is 42.1 Å². The Morgan fingerprint density at radius 2 is 1.70 bits per heavy atom. The first-order valence-corrected chi connectivity index (χ1v) is 11.2. The van der Waals surface area contributed by atoms with Crippen LogP contribution in [0.4, 0.5) is 15.8 Å². The highest BCUT2D eigenvalue weighted by Gasteiger charge is 2.21. The molecule has 1 aliphatic rings. The maximum absolute atomic E-state index is 13.4. The Kier molecular flexibility index (Phi) is 6.95. The SMILES string of the molecule is CC(=O)c1ccc(NC(=O)CSC2=NC(c3ccccc3)=NCN2c2ccc(F)cc2)cc1. The topological polar surface area (TPSA) is 74.1 Å². The van der Waals surface area contributed by atoms with Crippen LogP contribution in [0.3, 0.4) is 0 Å². The molecule has 0 fully saturated rings. The van der Waals surface area contributed by atoms with Gasteiger partial charge in [0.2, 0.25) is 5.91 Å². The van der Waals surface area contributed by atoms with Gasteiger partial charge in [-0.15, -0.1) is 0 Å². The van der Waals surface area contributed by atoms with E-state index in [9.17, 15) is 14.0 Å². The van der Waals surface area contributed by atoms with Crippen molar-refractivity contribution in [2.45, 2.75) is 6.92 Å². The van der Waals surface area contributed by atoms with Crippen molar-refractivity contribution in [2.24, 2.45) is 9.98 Å². The lowest BCUT2D eigenvalue weighted by molar-refractivity contribution is -0.113. The minimum Gasteiger partial charge on any atom is -0.325 e. The summed E-state index contributed by atoms with van der Waals surface area (Å²) in [6.45, 7) is 1.80. The van der Waals surface area contributed by atoms with E-state index in [0.29, 0.717) is 28.9 Å². The van der Waals surface area contributed by atoms with Crippen LogP contribution in [0.1, 0.15) is 22.8 Å². The Hall–Kier alpha value is -3.78. The number of aliphatic imine (C=N–C) groups is 2. The van der Waals surface area contributed by atoms with E-state index in [-0.39, 0.29) is 23.3 Å². The number of benzene rings is 3. The van der Waals surface area contributed by atoms with Gasteiger partial charge < -0.3 is 10.2 Å². The number of thioether (sulfide) groups is 1. The molecule has 1 heterocycles. The van der Waals surface area contributed by atoms with Crippen LogP contribution in [-0.2, 0) is 4.79 Å². The summed E-state index contributed by atoms with van der Waals surface area (Å²) in [5.74, 6) is 0.131. The van der Waals surface area contributed by atoms with E-state index in [1.165, 1.54) is 30.8 Å². The van der Waals surface area contributed by atoms with E-state index in [1.807, 2.05) is 35.2 Å². The second-order valence-electron chi connectivity index (χ2n) is 7.26. The first-order valence-electron chi connectivity index (χ1n) is 10.2. The van der Waals surface area contributed by atoms with Gasteiger partial charge in [0.25, 0.3) is 0 Å². The number of halogens is 1. The monoisotopic (exact) mass is 460 g/mol. The number of rotatable bonds is 6. The van der Waals surface area contributed by atoms with Gasteiger partial charge in [0, 0.05) is 22.5 Å². The summed E-state index contributed by atoms with van der Waals surface area (Å²) in [5.41, 5.74) is 2.81. The Morgan fingerprint density at radius 3 is 2.36 bits per heavy atom. The Morgan fingerprint density at radius 1 is 1.00 bits per heavy atom. The minimum atomic E-state index is -0.328. The highest BCUT2D eigenvalue weighted by molar-refractivity contribution is 8.14. The molecule has 0 radical (unpaired) electrons. The van der Waals surface area contributed by atoms with E-state index in [0.717, 1.165) is 11.3 Å². The van der Waals surface area contributed by atoms with Crippen molar-refractivity contribution in [1.82, 2.24) is 0 Å². The van der Waals surface area contributed by atoms with Gasteiger partial charge in [0.1, 0.15) is 12.5 Å². The smallest absolute Gasteiger partial charge is 0.234 e. The summed E-state index contributed by atoms with van der Waals surface area (Å²) in [5, 5.41) is 3.42. The summed E-state index contributed by atoms with van der Waals surface area (Å²) in [6.07, 6.45) is 0. The number of anilines is 2. The van der Waals surface area contributed by atoms with Crippen LogP contribution >= 0.6 is 11.8 Å². The molecule has 1 aliphatic heterocycles. The van der Waals surface area contributed by atoms with Crippen LogP contribution in [0.5, 0.6) is 0 Å². The second kappa shape index (κ2) is 10.2. The van der Waals surface area contributed by atoms with Gasteiger partial charge in [0.15, 0.2) is 16.8 Å². The van der Waals surface area contributed by atoms with Crippen LogP contribution in [0.15, 0.2) is 88.8 Å².